The summed E-state index contributed by atoms with van der Waals surface area (Å²) in [4.78, 5) is 14.7. The fourth-order valence-corrected chi connectivity index (χ4v) is 5.85. The minimum atomic E-state index is -4.93. The lowest BCUT2D eigenvalue weighted by Crippen LogP contribution is -2.59. The average Bonchev–Trinajstić information content (AvgIpc) is 2.81. The first kappa shape index (κ1) is 24.7. The quantitative estimate of drug-likeness (QED) is 0.634. The zero-order valence-corrected chi connectivity index (χ0v) is 19.4. The number of hydrogen-bond acceptors (Lipinski definition) is 3. The third-order valence-electron chi connectivity index (χ3n) is 7.74. The van der Waals surface area contributed by atoms with Gasteiger partial charge in [0.1, 0.15) is 5.82 Å². The van der Waals surface area contributed by atoms with E-state index in [0.717, 1.165) is 25.6 Å². The SMILES string of the molecule is CO[C@@](C(=O)N1CCC2(CCNC[C@H]2c2c(C)cccc2F)CC1)(c1ccccc1)C(F)(F)F. The molecule has 0 aliphatic carbocycles. The second-order valence-electron chi connectivity index (χ2n) is 9.38. The lowest BCUT2D eigenvalue weighted by molar-refractivity contribution is -0.271. The molecule has 0 saturated carbocycles. The molecule has 1 spiro atoms. The number of ether oxygens (including phenoxy) is 1. The largest absolute Gasteiger partial charge is 0.430 e. The summed E-state index contributed by atoms with van der Waals surface area (Å²) in [6, 6.07) is 12.1. The van der Waals surface area contributed by atoms with Crippen LogP contribution in [0.15, 0.2) is 48.5 Å². The molecule has 0 unspecified atom stereocenters. The number of piperidine rings is 2. The van der Waals surface area contributed by atoms with Crippen LogP contribution in [0.4, 0.5) is 17.6 Å². The summed E-state index contributed by atoms with van der Waals surface area (Å²) in [5, 5.41) is 3.35. The van der Waals surface area contributed by atoms with Crippen LogP contribution in [-0.4, -0.2) is 50.3 Å². The highest BCUT2D eigenvalue weighted by Crippen LogP contribution is 2.51. The van der Waals surface area contributed by atoms with Gasteiger partial charge in [0.15, 0.2) is 0 Å². The molecular formula is C26H30F4N2O2. The fourth-order valence-electron chi connectivity index (χ4n) is 5.85. The Balaban J connectivity index is 1.62. The monoisotopic (exact) mass is 478 g/mol. The van der Waals surface area contributed by atoms with E-state index in [2.05, 4.69) is 5.32 Å². The van der Waals surface area contributed by atoms with Gasteiger partial charge < -0.3 is 15.0 Å². The molecule has 1 amide bonds. The molecule has 4 nitrogen and oxygen atoms in total. The van der Waals surface area contributed by atoms with E-state index >= 15 is 0 Å². The van der Waals surface area contributed by atoms with Crippen LogP contribution in [0.2, 0.25) is 0 Å². The van der Waals surface area contributed by atoms with Gasteiger partial charge in [-0.3, -0.25) is 4.79 Å². The van der Waals surface area contributed by atoms with Crippen molar-refractivity contribution in [3.8, 4) is 0 Å². The molecule has 34 heavy (non-hydrogen) atoms. The number of carbonyl (C=O) groups excluding carboxylic acids is 1. The molecule has 1 N–H and O–H groups in total. The Hall–Kier alpha value is -2.45. The maximum Gasteiger partial charge on any atom is 0.430 e. The smallest absolute Gasteiger partial charge is 0.356 e. The Morgan fingerprint density at radius 1 is 1.06 bits per heavy atom. The molecular weight excluding hydrogens is 448 g/mol. The van der Waals surface area contributed by atoms with Gasteiger partial charge in [-0.15, -0.1) is 0 Å². The maximum absolute atomic E-state index is 14.9. The number of nitrogens with one attached hydrogen (secondary N) is 1. The van der Waals surface area contributed by atoms with Gasteiger partial charge in [0.05, 0.1) is 0 Å². The van der Waals surface area contributed by atoms with E-state index in [9.17, 15) is 22.4 Å². The lowest BCUT2D eigenvalue weighted by Gasteiger charge is -2.51. The van der Waals surface area contributed by atoms with E-state index < -0.39 is 17.7 Å². The zero-order chi connectivity index (χ0) is 24.6. The van der Waals surface area contributed by atoms with Crippen molar-refractivity contribution in [1.82, 2.24) is 10.2 Å². The minimum Gasteiger partial charge on any atom is -0.356 e. The van der Waals surface area contributed by atoms with Crippen LogP contribution < -0.4 is 5.32 Å². The van der Waals surface area contributed by atoms with Crippen molar-refractivity contribution in [3.63, 3.8) is 0 Å². The molecule has 2 fully saturated rings. The molecule has 184 valence electrons. The van der Waals surface area contributed by atoms with Crippen LogP contribution in [0.3, 0.4) is 0 Å². The Kier molecular flexibility index (Phi) is 6.75. The summed E-state index contributed by atoms with van der Waals surface area (Å²) in [7, 11) is 0.924. The van der Waals surface area contributed by atoms with Crippen molar-refractivity contribution in [1.29, 1.82) is 0 Å². The van der Waals surface area contributed by atoms with Crippen molar-refractivity contribution in [2.45, 2.75) is 43.9 Å². The first-order valence-electron chi connectivity index (χ1n) is 11.6. The van der Waals surface area contributed by atoms with Gasteiger partial charge >= 0.3 is 6.18 Å². The first-order chi connectivity index (χ1) is 16.2. The van der Waals surface area contributed by atoms with Crippen LogP contribution >= 0.6 is 0 Å². The number of aryl methyl sites for hydroxylation is 1. The molecule has 2 heterocycles. The highest BCUT2D eigenvalue weighted by Gasteiger charge is 2.64. The predicted octanol–water partition coefficient (Wildman–Crippen LogP) is 4.92. The number of rotatable bonds is 4. The summed E-state index contributed by atoms with van der Waals surface area (Å²) in [6.07, 6.45) is -3.14. The van der Waals surface area contributed by atoms with E-state index in [0.29, 0.717) is 24.9 Å². The normalized spacial score (nSPS) is 22.4. The maximum atomic E-state index is 14.9. The van der Waals surface area contributed by atoms with E-state index in [-0.39, 0.29) is 35.8 Å². The van der Waals surface area contributed by atoms with Crippen LogP contribution in [0.5, 0.6) is 0 Å². The highest BCUT2D eigenvalue weighted by molar-refractivity contribution is 5.88. The molecule has 2 aromatic rings. The molecule has 2 saturated heterocycles. The van der Waals surface area contributed by atoms with Gasteiger partial charge in [-0.2, -0.15) is 13.2 Å². The van der Waals surface area contributed by atoms with Crippen molar-refractivity contribution in [2.24, 2.45) is 5.41 Å². The van der Waals surface area contributed by atoms with Crippen LogP contribution in [0, 0.1) is 18.2 Å². The van der Waals surface area contributed by atoms with Crippen molar-refractivity contribution in [3.05, 3.63) is 71.0 Å². The summed E-state index contributed by atoms with van der Waals surface area (Å²) in [5.74, 6) is -1.47. The van der Waals surface area contributed by atoms with E-state index in [1.54, 1.807) is 12.1 Å². The van der Waals surface area contributed by atoms with Gasteiger partial charge in [-0.1, -0.05) is 42.5 Å². The van der Waals surface area contributed by atoms with E-state index in [1.807, 2.05) is 13.0 Å². The van der Waals surface area contributed by atoms with Gasteiger partial charge in [0.2, 0.25) is 0 Å². The van der Waals surface area contributed by atoms with Crippen LogP contribution in [-0.2, 0) is 15.1 Å². The first-order valence-corrected chi connectivity index (χ1v) is 11.6. The van der Waals surface area contributed by atoms with Gasteiger partial charge in [0, 0.05) is 38.2 Å². The molecule has 2 aliphatic rings. The zero-order valence-electron chi connectivity index (χ0n) is 19.4. The Morgan fingerprint density at radius 2 is 1.74 bits per heavy atom. The number of hydrogen-bond donors (Lipinski definition) is 1. The lowest BCUT2D eigenvalue weighted by atomic mass is 9.62. The second kappa shape index (κ2) is 9.30. The summed E-state index contributed by atoms with van der Waals surface area (Å²) >= 11 is 0. The number of methoxy groups -OCH3 is 1. The standard InChI is InChI=1S/C26H30F4N2O2/c1-18-7-6-10-21(27)22(18)20-17-31-14-11-24(20)12-15-32(16-13-24)23(33)25(34-2,26(28,29)30)19-8-4-3-5-9-19/h3-10,20,31H,11-17H2,1-2H3/t20-,25+/m0/s1. The topological polar surface area (TPSA) is 41.6 Å². The second-order valence-corrected chi connectivity index (χ2v) is 9.38. The Labute approximate surface area is 197 Å². The Morgan fingerprint density at radius 3 is 2.32 bits per heavy atom. The molecule has 8 heteroatoms. The van der Waals surface area contributed by atoms with Gasteiger partial charge in [-0.05, 0) is 55.3 Å². The number of carbonyl (C=O) groups is 1. The van der Waals surface area contributed by atoms with Crippen molar-refractivity contribution >= 4 is 5.91 Å². The number of benzene rings is 2. The van der Waals surface area contributed by atoms with E-state index in [4.69, 9.17) is 4.74 Å². The summed E-state index contributed by atoms with van der Waals surface area (Å²) in [5.41, 5.74) is -2.05. The molecule has 0 aromatic heterocycles. The molecule has 4 rings (SSSR count). The molecule has 0 bridgehead atoms. The summed E-state index contributed by atoms with van der Waals surface area (Å²) < 4.78 is 62.9. The minimum absolute atomic E-state index is 0.108. The third kappa shape index (κ3) is 4.01. The molecule has 0 radical (unpaired) electrons. The fraction of sp³-hybridized carbons (Fsp3) is 0.500. The Bertz CT molecular complexity index is 999. The van der Waals surface area contributed by atoms with Gasteiger partial charge in [0.25, 0.3) is 11.5 Å². The number of halogens is 4. The highest BCUT2D eigenvalue weighted by atomic mass is 19.4. The number of amides is 1. The number of likely N-dealkylation sites (tertiary alicyclic amines) is 1. The molecule has 2 aromatic carbocycles. The average molecular weight is 479 g/mol. The van der Waals surface area contributed by atoms with Crippen molar-refractivity contribution in [2.75, 3.05) is 33.3 Å². The summed E-state index contributed by atoms with van der Waals surface area (Å²) in [6.45, 7) is 3.57. The predicted molar refractivity (Wildman–Crippen MR) is 121 cm³/mol. The van der Waals surface area contributed by atoms with E-state index in [1.165, 1.54) is 35.2 Å². The number of nitrogens with zero attached hydrogens (tertiary/aromatic N) is 1. The number of alkyl halides is 3. The molecule has 2 aliphatic heterocycles. The van der Waals surface area contributed by atoms with Crippen LogP contribution in [0.1, 0.15) is 41.9 Å². The van der Waals surface area contributed by atoms with Gasteiger partial charge in [-0.25, -0.2) is 4.39 Å². The van der Waals surface area contributed by atoms with Crippen LogP contribution in [0.25, 0.3) is 0 Å². The third-order valence-corrected chi connectivity index (χ3v) is 7.74. The van der Waals surface area contributed by atoms with Crippen molar-refractivity contribution < 1.29 is 27.1 Å². The molecule has 2 atom stereocenters.